The topological polar surface area (TPSA) is 63.8 Å². The molecule has 1 unspecified atom stereocenters. The van der Waals surface area contributed by atoms with Crippen LogP contribution in [0.3, 0.4) is 0 Å². The first-order valence-corrected chi connectivity index (χ1v) is 5.60. The molecule has 1 aliphatic carbocycles. The molecular weight excluding hydrogens is 188 g/mol. The number of hydrogen-bond acceptors (Lipinski definition) is 4. The summed E-state index contributed by atoms with van der Waals surface area (Å²) in [7, 11) is 0. The zero-order chi connectivity index (χ0) is 10.7. The largest absolute Gasteiger partial charge is 0.353 e. The van der Waals surface area contributed by atoms with E-state index in [2.05, 4.69) is 15.3 Å². The van der Waals surface area contributed by atoms with E-state index in [4.69, 9.17) is 5.73 Å². The number of anilines is 1. The van der Waals surface area contributed by atoms with Crippen molar-refractivity contribution in [3.63, 3.8) is 0 Å². The maximum absolute atomic E-state index is 5.66. The van der Waals surface area contributed by atoms with E-state index in [-0.39, 0.29) is 6.04 Å². The first kappa shape index (κ1) is 10.4. The number of nitrogens with two attached hydrogens (primary N) is 1. The molecule has 0 saturated carbocycles. The Bertz CT molecular complexity index is 335. The third-order valence-electron chi connectivity index (χ3n) is 2.65. The summed E-state index contributed by atoms with van der Waals surface area (Å²) in [5, 5.41) is 3.15. The van der Waals surface area contributed by atoms with Crippen molar-refractivity contribution in [2.75, 3.05) is 11.9 Å². The second-order valence-corrected chi connectivity index (χ2v) is 4.23. The van der Waals surface area contributed by atoms with Crippen LogP contribution in [0.25, 0.3) is 0 Å². The van der Waals surface area contributed by atoms with E-state index < -0.39 is 0 Å². The molecule has 2 rings (SSSR count). The highest BCUT2D eigenvalue weighted by atomic mass is 15.1. The Kier molecular flexibility index (Phi) is 3.16. The maximum Gasteiger partial charge on any atom is 0.222 e. The predicted octanol–water partition coefficient (Wildman–Crippen LogP) is 1.11. The Morgan fingerprint density at radius 3 is 3.07 bits per heavy atom. The van der Waals surface area contributed by atoms with E-state index >= 15 is 0 Å². The molecule has 3 N–H and O–H groups in total. The van der Waals surface area contributed by atoms with Gasteiger partial charge in [-0.2, -0.15) is 0 Å². The van der Waals surface area contributed by atoms with Gasteiger partial charge in [-0.15, -0.1) is 0 Å². The quantitative estimate of drug-likeness (QED) is 0.777. The van der Waals surface area contributed by atoms with Gasteiger partial charge in [0.15, 0.2) is 0 Å². The van der Waals surface area contributed by atoms with E-state index in [0.717, 1.165) is 19.4 Å². The zero-order valence-corrected chi connectivity index (χ0v) is 9.16. The molecule has 1 aromatic heterocycles. The molecule has 1 aromatic rings. The molecule has 1 heterocycles. The fraction of sp³-hybridized carbons (Fsp3) is 0.636. The highest BCUT2D eigenvalue weighted by Crippen LogP contribution is 2.19. The first-order chi connectivity index (χ1) is 7.25. The van der Waals surface area contributed by atoms with Crippen LogP contribution in [0.5, 0.6) is 0 Å². The molecule has 4 heteroatoms. The second-order valence-electron chi connectivity index (χ2n) is 4.23. The van der Waals surface area contributed by atoms with E-state index in [1.807, 2.05) is 13.1 Å². The molecule has 0 spiro atoms. The van der Waals surface area contributed by atoms with Crippen LogP contribution in [-0.4, -0.2) is 22.6 Å². The molecular formula is C11H18N4. The molecule has 4 nitrogen and oxygen atoms in total. The van der Waals surface area contributed by atoms with Crippen LogP contribution in [0, 0.1) is 0 Å². The highest BCUT2D eigenvalue weighted by molar-refractivity contribution is 5.31. The number of rotatable bonds is 3. The lowest BCUT2D eigenvalue weighted by molar-refractivity contribution is 0.662. The van der Waals surface area contributed by atoms with Crippen molar-refractivity contribution in [2.24, 2.45) is 5.73 Å². The lowest BCUT2D eigenvalue weighted by atomic mass is 9.98. The summed E-state index contributed by atoms with van der Waals surface area (Å²) in [4.78, 5) is 8.79. The third kappa shape index (κ3) is 2.65. The van der Waals surface area contributed by atoms with Crippen molar-refractivity contribution in [1.29, 1.82) is 0 Å². The smallest absolute Gasteiger partial charge is 0.222 e. The van der Waals surface area contributed by atoms with E-state index in [0.29, 0.717) is 5.95 Å². The van der Waals surface area contributed by atoms with Crippen LogP contribution in [0.2, 0.25) is 0 Å². The lowest BCUT2D eigenvalue weighted by Crippen LogP contribution is -2.26. The minimum Gasteiger partial charge on any atom is -0.353 e. The molecule has 0 aromatic carbocycles. The molecule has 0 radical (unpaired) electrons. The number of aromatic nitrogens is 2. The molecule has 0 fully saturated rings. The van der Waals surface area contributed by atoms with Crippen LogP contribution >= 0.6 is 0 Å². The maximum atomic E-state index is 5.66. The van der Waals surface area contributed by atoms with Crippen molar-refractivity contribution in [3.8, 4) is 0 Å². The van der Waals surface area contributed by atoms with Gasteiger partial charge in [-0.25, -0.2) is 9.97 Å². The van der Waals surface area contributed by atoms with Crippen molar-refractivity contribution >= 4 is 5.95 Å². The van der Waals surface area contributed by atoms with Gasteiger partial charge in [0.2, 0.25) is 5.95 Å². The highest BCUT2D eigenvalue weighted by Gasteiger charge is 2.11. The normalized spacial score (nSPS) is 16.9. The average Bonchev–Trinajstić information content (AvgIpc) is 2.26. The number of aryl methyl sites for hydroxylation is 2. The van der Waals surface area contributed by atoms with Crippen molar-refractivity contribution < 1.29 is 0 Å². The van der Waals surface area contributed by atoms with E-state index in [1.165, 1.54) is 24.1 Å². The number of nitrogens with one attached hydrogen (secondary N) is 1. The lowest BCUT2D eigenvalue weighted by Gasteiger charge is -2.15. The second kappa shape index (κ2) is 4.57. The Hall–Kier alpha value is -1.16. The van der Waals surface area contributed by atoms with Gasteiger partial charge in [-0.3, -0.25) is 0 Å². The Morgan fingerprint density at radius 2 is 2.27 bits per heavy atom. The first-order valence-electron chi connectivity index (χ1n) is 5.60. The fourth-order valence-electron chi connectivity index (χ4n) is 1.81. The van der Waals surface area contributed by atoms with Crippen LogP contribution in [0.15, 0.2) is 6.20 Å². The van der Waals surface area contributed by atoms with Gasteiger partial charge in [0.05, 0.1) is 0 Å². The fourth-order valence-corrected chi connectivity index (χ4v) is 1.81. The summed E-state index contributed by atoms with van der Waals surface area (Å²) >= 11 is 0. The van der Waals surface area contributed by atoms with Gasteiger partial charge >= 0.3 is 0 Å². The summed E-state index contributed by atoms with van der Waals surface area (Å²) in [6, 6.07) is 0.129. The molecule has 0 aliphatic heterocycles. The summed E-state index contributed by atoms with van der Waals surface area (Å²) in [6.45, 7) is 2.68. The Morgan fingerprint density at radius 1 is 1.47 bits per heavy atom. The minimum atomic E-state index is 0.129. The minimum absolute atomic E-state index is 0.129. The van der Waals surface area contributed by atoms with Crippen molar-refractivity contribution in [3.05, 3.63) is 17.5 Å². The van der Waals surface area contributed by atoms with Crippen LogP contribution in [0.1, 0.15) is 31.0 Å². The zero-order valence-electron chi connectivity index (χ0n) is 9.16. The molecule has 15 heavy (non-hydrogen) atoms. The van der Waals surface area contributed by atoms with Crippen molar-refractivity contribution in [1.82, 2.24) is 9.97 Å². The Balaban J connectivity index is 2.07. The van der Waals surface area contributed by atoms with Gasteiger partial charge < -0.3 is 11.1 Å². The molecule has 1 aliphatic rings. The van der Waals surface area contributed by atoms with E-state index in [1.54, 1.807) is 0 Å². The number of fused-ring (bicyclic) bond motifs is 1. The summed E-state index contributed by atoms with van der Waals surface area (Å²) in [5.74, 6) is 0.716. The Labute approximate surface area is 90.3 Å². The molecule has 1 atom stereocenters. The number of hydrogen-bond donors (Lipinski definition) is 2. The SMILES string of the molecule is CC(N)CNc1ncc2c(n1)CCCC2. The monoisotopic (exact) mass is 206 g/mol. The number of nitrogens with zero attached hydrogens (tertiary/aromatic N) is 2. The third-order valence-corrected chi connectivity index (χ3v) is 2.65. The van der Waals surface area contributed by atoms with Gasteiger partial charge in [-0.1, -0.05) is 0 Å². The standard InChI is InChI=1S/C11H18N4/c1-8(12)6-13-11-14-7-9-4-2-3-5-10(9)15-11/h7-8H,2-6,12H2,1H3,(H,13,14,15). The van der Waals surface area contributed by atoms with Crippen LogP contribution < -0.4 is 11.1 Å². The summed E-state index contributed by atoms with van der Waals surface area (Å²) in [6.07, 6.45) is 6.68. The van der Waals surface area contributed by atoms with Gasteiger partial charge in [-0.05, 0) is 38.2 Å². The molecule has 0 amide bonds. The molecule has 0 saturated heterocycles. The summed E-state index contributed by atoms with van der Waals surface area (Å²) < 4.78 is 0. The summed E-state index contributed by atoms with van der Waals surface area (Å²) in [5.41, 5.74) is 8.18. The van der Waals surface area contributed by atoms with Crippen LogP contribution in [-0.2, 0) is 12.8 Å². The average molecular weight is 206 g/mol. The molecule has 82 valence electrons. The van der Waals surface area contributed by atoms with Gasteiger partial charge in [0.1, 0.15) is 0 Å². The van der Waals surface area contributed by atoms with Gasteiger partial charge in [0, 0.05) is 24.5 Å². The van der Waals surface area contributed by atoms with Gasteiger partial charge in [0.25, 0.3) is 0 Å². The van der Waals surface area contributed by atoms with Crippen molar-refractivity contribution in [2.45, 2.75) is 38.6 Å². The molecule has 0 bridgehead atoms. The van der Waals surface area contributed by atoms with E-state index in [9.17, 15) is 0 Å². The predicted molar refractivity (Wildman–Crippen MR) is 60.8 cm³/mol. The van der Waals surface area contributed by atoms with Crippen LogP contribution in [0.4, 0.5) is 5.95 Å².